The number of hydrogen-bond acceptors (Lipinski definition) is 1. The third-order valence-electron chi connectivity index (χ3n) is 1.38. The summed E-state index contributed by atoms with van der Waals surface area (Å²) >= 11 is 0. The minimum Gasteiger partial charge on any atom is -0.299 e. The van der Waals surface area contributed by atoms with E-state index in [1.807, 2.05) is 39.8 Å². The van der Waals surface area contributed by atoms with Gasteiger partial charge in [-0.3, -0.25) is 4.79 Å². The zero-order valence-electron chi connectivity index (χ0n) is 7.27. The van der Waals surface area contributed by atoms with Crippen LogP contribution >= 0.6 is 0 Å². The molecule has 0 N–H and O–H groups in total. The van der Waals surface area contributed by atoms with E-state index in [-0.39, 0.29) is 5.41 Å². The molecule has 0 aromatic carbocycles. The van der Waals surface area contributed by atoms with Crippen molar-refractivity contribution in [1.29, 1.82) is 0 Å². The Morgan fingerprint density at radius 3 is 2.20 bits per heavy atom. The lowest BCUT2D eigenvalue weighted by Crippen LogP contribution is -2.18. The maximum absolute atomic E-state index is 11.2. The molecule has 0 spiro atoms. The fraction of sp³-hybridized carbons (Fsp3) is 0.667. The Labute approximate surface area is 63.1 Å². The van der Waals surface area contributed by atoms with E-state index in [1.165, 1.54) is 0 Å². The molecule has 10 heavy (non-hydrogen) atoms. The standard InChI is InChI=1S/C9H16O/c1-5-6-7-8(10)9(2,3)4/h5-6H,7H2,1-4H3/b6-5+. The number of hydrogen-bond donors (Lipinski definition) is 0. The van der Waals surface area contributed by atoms with Crippen LogP contribution in [0.5, 0.6) is 0 Å². The molecule has 58 valence electrons. The average molecular weight is 140 g/mol. The van der Waals surface area contributed by atoms with Crippen LogP contribution in [0, 0.1) is 5.41 Å². The zero-order valence-corrected chi connectivity index (χ0v) is 7.27. The van der Waals surface area contributed by atoms with Crippen molar-refractivity contribution in [2.24, 2.45) is 5.41 Å². The van der Waals surface area contributed by atoms with Gasteiger partial charge in [0.15, 0.2) is 0 Å². The average Bonchev–Trinajstić information content (AvgIpc) is 1.80. The number of carbonyl (C=O) groups excluding carboxylic acids is 1. The lowest BCUT2D eigenvalue weighted by molar-refractivity contribution is -0.125. The van der Waals surface area contributed by atoms with Gasteiger partial charge >= 0.3 is 0 Å². The van der Waals surface area contributed by atoms with Crippen LogP contribution in [-0.4, -0.2) is 5.78 Å². The van der Waals surface area contributed by atoms with E-state index in [2.05, 4.69) is 0 Å². The van der Waals surface area contributed by atoms with Crippen molar-refractivity contribution in [2.45, 2.75) is 34.1 Å². The first-order chi connectivity index (χ1) is 4.48. The molecule has 0 radical (unpaired) electrons. The van der Waals surface area contributed by atoms with Crippen LogP contribution < -0.4 is 0 Å². The molecule has 0 bridgehead atoms. The maximum Gasteiger partial charge on any atom is 0.141 e. The summed E-state index contributed by atoms with van der Waals surface area (Å²) in [4.78, 5) is 11.2. The highest BCUT2D eigenvalue weighted by atomic mass is 16.1. The molecule has 0 amide bonds. The minimum absolute atomic E-state index is 0.181. The fourth-order valence-electron chi connectivity index (χ4n) is 0.531. The van der Waals surface area contributed by atoms with Crippen LogP contribution in [-0.2, 0) is 4.79 Å². The maximum atomic E-state index is 11.2. The summed E-state index contributed by atoms with van der Waals surface area (Å²) in [7, 11) is 0. The van der Waals surface area contributed by atoms with E-state index in [0.717, 1.165) is 0 Å². The van der Waals surface area contributed by atoms with Gasteiger partial charge in [-0.1, -0.05) is 32.9 Å². The Hall–Kier alpha value is -0.590. The summed E-state index contributed by atoms with van der Waals surface area (Å²) in [6.07, 6.45) is 4.37. The molecular formula is C9H16O. The van der Waals surface area contributed by atoms with Gasteiger partial charge < -0.3 is 0 Å². The monoisotopic (exact) mass is 140 g/mol. The van der Waals surface area contributed by atoms with E-state index in [4.69, 9.17) is 0 Å². The third kappa shape index (κ3) is 3.44. The molecule has 0 aromatic heterocycles. The predicted molar refractivity (Wildman–Crippen MR) is 43.9 cm³/mol. The summed E-state index contributed by atoms with van der Waals surface area (Å²) in [5.41, 5.74) is -0.181. The van der Waals surface area contributed by atoms with Crippen molar-refractivity contribution in [1.82, 2.24) is 0 Å². The molecule has 0 aliphatic heterocycles. The first-order valence-corrected chi connectivity index (χ1v) is 3.63. The van der Waals surface area contributed by atoms with Crippen molar-refractivity contribution >= 4 is 5.78 Å². The van der Waals surface area contributed by atoms with Crippen molar-refractivity contribution in [3.63, 3.8) is 0 Å². The van der Waals surface area contributed by atoms with Gasteiger partial charge in [0.25, 0.3) is 0 Å². The van der Waals surface area contributed by atoms with Crippen molar-refractivity contribution in [2.75, 3.05) is 0 Å². The topological polar surface area (TPSA) is 17.1 Å². The highest BCUT2D eigenvalue weighted by Crippen LogP contribution is 2.16. The Morgan fingerprint density at radius 1 is 1.40 bits per heavy atom. The van der Waals surface area contributed by atoms with Crippen LogP contribution in [0.15, 0.2) is 12.2 Å². The molecular weight excluding hydrogens is 124 g/mol. The van der Waals surface area contributed by atoms with Crippen molar-refractivity contribution in [3.05, 3.63) is 12.2 Å². The van der Waals surface area contributed by atoms with Gasteiger partial charge in [-0.05, 0) is 6.92 Å². The second-order valence-corrected chi connectivity index (χ2v) is 3.45. The zero-order chi connectivity index (χ0) is 8.20. The number of Topliss-reactive ketones (excluding diaryl/α,β-unsaturated/α-hetero) is 1. The SMILES string of the molecule is C/C=C/CC(=O)C(C)(C)C. The normalized spacial score (nSPS) is 12.4. The van der Waals surface area contributed by atoms with Gasteiger partial charge in [0, 0.05) is 11.8 Å². The van der Waals surface area contributed by atoms with E-state index in [1.54, 1.807) is 0 Å². The van der Waals surface area contributed by atoms with E-state index in [9.17, 15) is 4.79 Å². The number of carbonyl (C=O) groups is 1. The third-order valence-corrected chi connectivity index (χ3v) is 1.38. The van der Waals surface area contributed by atoms with Crippen molar-refractivity contribution in [3.8, 4) is 0 Å². The predicted octanol–water partition coefficient (Wildman–Crippen LogP) is 2.57. The Morgan fingerprint density at radius 2 is 1.90 bits per heavy atom. The summed E-state index contributed by atoms with van der Waals surface area (Å²) in [5, 5.41) is 0. The highest BCUT2D eigenvalue weighted by molar-refractivity contribution is 5.84. The van der Waals surface area contributed by atoms with Crippen LogP contribution in [0.1, 0.15) is 34.1 Å². The summed E-state index contributed by atoms with van der Waals surface area (Å²) < 4.78 is 0. The number of ketones is 1. The van der Waals surface area contributed by atoms with Crippen LogP contribution in [0.2, 0.25) is 0 Å². The second kappa shape index (κ2) is 3.55. The molecule has 0 rings (SSSR count). The fourth-order valence-corrected chi connectivity index (χ4v) is 0.531. The molecule has 0 saturated carbocycles. The van der Waals surface area contributed by atoms with Crippen LogP contribution in [0.25, 0.3) is 0 Å². The largest absolute Gasteiger partial charge is 0.299 e. The molecule has 0 fully saturated rings. The van der Waals surface area contributed by atoms with E-state index >= 15 is 0 Å². The summed E-state index contributed by atoms with van der Waals surface area (Å²) in [5.74, 6) is 0.297. The van der Waals surface area contributed by atoms with Crippen LogP contribution in [0.4, 0.5) is 0 Å². The van der Waals surface area contributed by atoms with Gasteiger partial charge in [-0.25, -0.2) is 0 Å². The molecule has 1 heteroatoms. The lowest BCUT2D eigenvalue weighted by Gasteiger charge is -2.14. The number of rotatable bonds is 2. The Bertz CT molecular complexity index is 137. The quantitative estimate of drug-likeness (QED) is 0.539. The molecule has 0 aliphatic carbocycles. The molecule has 0 atom stereocenters. The van der Waals surface area contributed by atoms with Crippen LogP contribution in [0.3, 0.4) is 0 Å². The van der Waals surface area contributed by atoms with E-state index < -0.39 is 0 Å². The molecule has 1 nitrogen and oxygen atoms in total. The van der Waals surface area contributed by atoms with Gasteiger partial charge in [-0.15, -0.1) is 0 Å². The number of allylic oxidation sites excluding steroid dienone is 2. The summed E-state index contributed by atoms with van der Waals surface area (Å²) in [6.45, 7) is 7.76. The second-order valence-electron chi connectivity index (χ2n) is 3.45. The van der Waals surface area contributed by atoms with Gasteiger partial charge in [-0.2, -0.15) is 0 Å². The lowest BCUT2D eigenvalue weighted by atomic mass is 9.89. The molecule has 0 unspecified atom stereocenters. The Balaban J connectivity index is 3.86. The minimum atomic E-state index is -0.181. The van der Waals surface area contributed by atoms with Gasteiger partial charge in [0.1, 0.15) is 5.78 Å². The smallest absolute Gasteiger partial charge is 0.141 e. The van der Waals surface area contributed by atoms with Gasteiger partial charge in [0.2, 0.25) is 0 Å². The molecule has 0 aromatic rings. The van der Waals surface area contributed by atoms with Crippen molar-refractivity contribution < 1.29 is 4.79 Å². The molecule has 0 saturated heterocycles. The molecule has 0 heterocycles. The first kappa shape index (κ1) is 9.41. The van der Waals surface area contributed by atoms with Gasteiger partial charge in [0.05, 0.1) is 0 Å². The highest BCUT2D eigenvalue weighted by Gasteiger charge is 2.18. The summed E-state index contributed by atoms with van der Waals surface area (Å²) in [6, 6.07) is 0. The first-order valence-electron chi connectivity index (χ1n) is 3.63. The molecule has 0 aliphatic rings. The van der Waals surface area contributed by atoms with E-state index in [0.29, 0.717) is 12.2 Å². The Kier molecular flexibility index (Phi) is 3.34.